The Morgan fingerprint density at radius 1 is 0.847 bits per heavy atom. The number of para-hydroxylation sites is 1. The van der Waals surface area contributed by atoms with E-state index in [1.165, 1.54) is 36.9 Å². The molecule has 0 spiro atoms. The zero-order chi connectivity index (χ0) is 45.2. The van der Waals surface area contributed by atoms with Gasteiger partial charge in [-0.2, -0.15) is 0 Å². The lowest BCUT2D eigenvalue weighted by atomic mass is 9.76. The Kier molecular flexibility index (Phi) is 16.8. The molecular formula is C41H61N7O11. The number of benzene rings is 1. The lowest BCUT2D eigenvalue weighted by molar-refractivity contribution is -0.140. The number of nitrogens with one attached hydrogen (secondary N) is 4. The summed E-state index contributed by atoms with van der Waals surface area (Å²) in [7, 11) is 4.86. The molecule has 0 saturated heterocycles. The van der Waals surface area contributed by atoms with Crippen LogP contribution in [0.25, 0.3) is 10.9 Å². The van der Waals surface area contributed by atoms with Gasteiger partial charge in [-0.3, -0.25) is 38.5 Å². The topological polar surface area (TPSA) is 246 Å². The molecule has 1 aromatic heterocycles. The average molecular weight is 828 g/mol. The van der Waals surface area contributed by atoms with Gasteiger partial charge in [0.2, 0.25) is 29.5 Å². The number of hydrogen-bond donors (Lipinski definition) is 6. The van der Waals surface area contributed by atoms with E-state index in [2.05, 4.69) is 21.3 Å². The van der Waals surface area contributed by atoms with Crippen LogP contribution in [0.15, 0.2) is 42.1 Å². The number of amides is 6. The van der Waals surface area contributed by atoms with Gasteiger partial charge >= 0.3 is 18.0 Å². The molecule has 0 aliphatic rings. The van der Waals surface area contributed by atoms with Crippen LogP contribution in [0.4, 0.5) is 4.79 Å². The van der Waals surface area contributed by atoms with E-state index in [4.69, 9.17) is 14.9 Å². The third-order valence-corrected chi connectivity index (χ3v) is 9.53. The van der Waals surface area contributed by atoms with Crippen molar-refractivity contribution in [1.82, 2.24) is 35.6 Å². The number of aromatic nitrogens is 1. The van der Waals surface area contributed by atoms with Crippen LogP contribution in [0.1, 0.15) is 80.7 Å². The number of ether oxygens (including phenoxy) is 1. The van der Waals surface area contributed by atoms with Crippen LogP contribution in [0.2, 0.25) is 0 Å². The number of rotatable bonds is 18. The Hall–Kier alpha value is -5.94. The second kappa shape index (κ2) is 20.2. The Morgan fingerprint density at radius 3 is 1.98 bits per heavy atom. The molecule has 0 radical (unpaired) electrons. The number of likely N-dealkylation sites (N-methyl/N-ethyl adjacent to an activating group) is 2. The summed E-state index contributed by atoms with van der Waals surface area (Å²) >= 11 is 0. The van der Waals surface area contributed by atoms with Gasteiger partial charge in [-0.1, -0.05) is 58.9 Å². The summed E-state index contributed by atoms with van der Waals surface area (Å²) in [6.45, 7) is 14.1. The molecular weight excluding hydrogens is 766 g/mol. The van der Waals surface area contributed by atoms with Gasteiger partial charge in [-0.25, -0.2) is 4.79 Å². The van der Waals surface area contributed by atoms with E-state index in [-0.39, 0.29) is 25.0 Å². The largest absolute Gasteiger partial charge is 0.480 e. The molecule has 18 heteroatoms. The van der Waals surface area contributed by atoms with Crippen molar-refractivity contribution in [3.05, 3.63) is 47.7 Å². The van der Waals surface area contributed by atoms with Crippen molar-refractivity contribution < 1.29 is 53.3 Å². The molecule has 0 bridgehead atoms. The summed E-state index contributed by atoms with van der Waals surface area (Å²) in [6, 6.07) is 4.06. The van der Waals surface area contributed by atoms with Crippen molar-refractivity contribution in [2.45, 2.75) is 104 Å². The minimum absolute atomic E-state index is 0.0724. The maximum absolute atomic E-state index is 14.6. The van der Waals surface area contributed by atoms with Crippen molar-refractivity contribution in [1.29, 1.82) is 0 Å². The molecule has 0 fully saturated rings. The SMILES string of the molecule is C/C(=C\CN(C)C(=O)C(NC(=O)[C@@H](N(C)C(=O)OC(C)(C)C)C(C)(C)c1cn(C)c2ccccc12)C(C)(C)C)C(=O)N[C@@H](CCC(=O)NCC(=O)O)C(=O)NCC(=O)O. The number of carboxylic acid groups (broad SMARTS) is 2. The Bertz CT molecular complexity index is 1940. The maximum Gasteiger partial charge on any atom is 0.410 e. The number of hydrogen-bond acceptors (Lipinski definition) is 9. The highest BCUT2D eigenvalue weighted by Gasteiger charge is 2.46. The molecule has 1 heterocycles. The monoisotopic (exact) mass is 827 g/mol. The molecule has 326 valence electrons. The van der Waals surface area contributed by atoms with E-state index in [9.17, 15) is 38.4 Å². The van der Waals surface area contributed by atoms with E-state index in [0.717, 1.165) is 16.5 Å². The van der Waals surface area contributed by atoms with E-state index in [1.807, 2.05) is 55.9 Å². The van der Waals surface area contributed by atoms with Crippen molar-refractivity contribution in [3.8, 4) is 0 Å². The fraction of sp³-hybridized carbons (Fsp3) is 0.561. The number of fused-ring (bicyclic) bond motifs is 1. The normalized spacial score (nSPS) is 13.7. The number of nitrogens with zero attached hydrogens (tertiary/aromatic N) is 3. The van der Waals surface area contributed by atoms with Crippen LogP contribution in [0.3, 0.4) is 0 Å². The minimum atomic E-state index is -1.36. The van der Waals surface area contributed by atoms with Gasteiger partial charge in [0.05, 0.1) is 0 Å². The average Bonchev–Trinajstić information content (AvgIpc) is 3.47. The predicted molar refractivity (Wildman–Crippen MR) is 219 cm³/mol. The molecule has 0 aliphatic carbocycles. The highest BCUT2D eigenvalue weighted by atomic mass is 16.6. The molecule has 2 aromatic rings. The second-order valence-corrected chi connectivity index (χ2v) is 17.1. The maximum atomic E-state index is 14.6. The third kappa shape index (κ3) is 14.1. The van der Waals surface area contributed by atoms with Crippen LogP contribution in [0.5, 0.6) is 0 Å². The molecule has 59 heavy (non-hydrogen) atoms. The van der Waals surface area contributed by atoms with Crippen LogP contribution >= 0.6 is 0 Å². The van der Waals surface area contributed by atoms with Gasteiger partial charge in [0.25, 0.3) is 0 Å². The fourth-order valence-corrected chi connectivity index (χ4v) is 6.34. The Labute approximate surface area is 345 Å². The van der Waals surface area contributed by atoms with Gasteiger partial charge in [0, 0.05) is 62.2 Å². The predicted octanol–water partition coefficient (Wildman–Crippen LogP) is 2.29. The van der Waals surface area contributed by atoms with Crippen molar-refractivity contribution in [2.24, 2.45) is 12.5 Å². The lowest BCUT2D eigenvalue weighted by Crippen LogP contribution is -2.62. The van der Waals surface area contributed by atoms with E-state index < -0.39 is 95.2 Å². The first-order valence-electron chi connectivity index (χ1n) is 19.1. The zero-order valence-electron chi connectivity index (χ0n) is 36.1. The van der Waals surface area contributed by atoms with Crippen molar-refractivity contribution in [2.75, 3.05) is 33.7 Å². The van der Waals surface area contributed by atoms with Gasteiger partial charge in [0.15, 0.2) is 0 Å². The van der Waals surface area contributed by atoms with E-state index in [1.54, 1.807) is 41.5 Å². The van der Waals surface area contributed by atoms with Crippen molar-refractivity contribution >= 4 is 58.5 Å². The molecule has 1 aromatic carbocycles. The summed E-state index contributed by atoms with van der Waals surface area (Å²) in [5.41, 5.74) is -0.936. The van der Waals surface area contributed by atoms with E-state index in [0.29, 0.717) is 0 Å². The summed E-state index contributed by atoms with van der Waals surface area (Å²) in [5.74, 6) is -6.06. The summed E-state index contributed by atoms with van der Waals surface area (Å²) in [6.07, 6.45) is 1.98. The molecule has 0 saturated carbocycles. The molecule has 1 unspecified atom stereocenters. The Morgan fingerprint density at radius 2 is 1.42 bits per heavy atom. The highest BCUT2D eigenvalue weighted by molar-refractivity contribution is 5.98. The molecule has 0 aliphatic heterocycles. The van der Waals surface area contributed by atoms with Crippen LogP contribution in [-0.2, 0) is 50.8 Å². The first kappa shape index (κ1) is 49.2. The van der Waals surface area contributed by atoms with Gasteiger partial charge < -0.3 is 45.7 Å². The molecule has 3 atom stereocenters. The smallest absolute Gasteiger partial charge is 0.410 e. The lowest BCUT2D eigenvalue weighted by Gasteiger charge is -2.41. The number of aryl methyl sites for hydroxylation is 1. The van der Waals surface area contributed by atoms with Gasteiger partial charge in [-0.05, 0) is 51.2 Å². The zero-order valence-corrected chi connectivity index (χ0v) is 36.1. The molecule has 6 N–H and O–H groups in total. The highest BCUT2D eigenvalue weighted by Crippen LogP contribution is 2.37. The molecule has 18 nitrogen and oxygen atoms in total. The molecule has 6 amide bonds. The quantitative estimate of drug-likeness (QED) is 0.119. The van der Waals surface area contributed by atoms with Gasteiger partial charge in [0.1, 0.15) is 36.8 Å². The van der Waals surface area contributed by atoms with Crippen LogP contribution < -0.4 is 21.3 Å². The van der Waals surface area contributed by atoms with Crippen molar-refractivity contribution in [3.63, 3.8) is 0 Å². The van der Waals surface area contributed by atoms with Crippen LogP contribution in [-0.4, -0.2) is 130 Å². The van der Waals surface area contributed by atoms with Gasteiger partial charge in [-0.15, -0.1) is 0 Å². The summed E-state index contributed by atoms with van der Waals surface area (Å²) in [5, 5.41) is 28.4. The summed E-state index contributed by atoms with van der Waals surface area (Å²) < 4.78 is 7.63. The summed E-state index contributed by atoms with van der Waals surface area (Å²) in [4.78, 5) is 105. The second-order valence-electron chi connectivity index (χ2n) is 17.1. The Balaban J connectivity index is 2.39. The first-order chi connectivity index (χ1) is 27.1. The molecule has 2 rings (SSSR count). The number of aliphatic carboxylic acids is 2. The fourth-order valence-electron chi connectivity index (χ4n) is 6.34. The number of carbonyl (C=O) groups is 8. The standard InChI is InChI=1S/C41H61N7O11/c1-24(34(54)44-27(35(55)43-22-31(52)53)17-18-29(49)42-21-30(50)51)19-20-46(10)37(57)32(39(2,3)4)45-36(56)33(48(12)38(58)59-40(5,6)7)41(8,9)26-23-47(11)28-16-14-13-15-25(26)28/h13-16,19,23,27,32-33H,17-18,20-22H2,1-12H3,(H,42,49)(H,43,55)(H,44,54)(H,45,56)(H,50,51)(H,52,53)/b24-19+/t27-,32?,33+/m0/s1. The number of carbonyl (C=O) groups excluding carboxylic acids is 6. The van der Waals surface area contributed by atoms with Crippen LogP contribution in [0, 0.1) is 5.41 Å². The third-order valence-electron chi connectivity index (χ3n) is 9.53. The first-order valence-corrected chi connectivity index (χ1v) is 19.1. The number of carboxylic acids is 2. The van der Waals surface area contributed by atoms with E-state index >= 15 is 0 Å². The minimum Gasteiger partial charge on any atom is -0.480 e.